The van der Waals surface area contributed by atoms with Crippen molar-refractivity contribution in [2.75, 3.05) is 0 Å². The summed E-state index contributed by atoms with van der Waals surface area (Å²) in [7, 11) is 0. The zero-order chi connectivity index (χ0) is 16.2. The number of aromatic nitrogens is 2. The highest BCUT2D eigenvalue weighted by molar-refractivity contribution is 9.10. The number of hydrogen-bond acceptors (Lipinski definition) is 3. The highest BCUT2D eigenvalue weighted by Crippen LogP contribution is 2.20. The highest BCUT2D eigenvalue weighted by Gasteiger charge is 2.09. The zero-order valence-corrected chi connectivity index (χ0v) is 14.7. The predicted octanol–water partition coefficient (Wildman–Crippen LogP) is 5.29. The summed E-state index contributed by atoms with van der Waals surface area (Å²) in [4.78, 5) is 0. The lowest BCUT2D eigenvalue weighted by molar-refractivity contribution is 0.493. The summed E-state index contributed by atoms with van der Waals surface area (Å²) in [5.41, 5.74) is 4.50. The number of nitrogens with zero attached hydrogens (tertiary/aromatic N) is 2. The van der Waals surface area contributed by atoms with Crippen LogP contribution in [0.1, 0.15) is 35.4 Å². The minimum absolute atomic E-state index is 0.570. The molecular formula is C19H17BrN2O. The Labute approximate surface area is 144 Å². The summed E-state index contributed by atoms with van der Waals surface area (Å²) in [5, 5.41) is 8.31. The van der Waals surface area contributed by atoms with Gasteiger partial charge in [-0.05, 0) is 48.7 Å². The predicted molar refractivity (Wildman–Crippen MR) is 96.0 cm³/mol. The molecule has 0 spiro atoms. The number of aryl methyl sites for hydroxylation is 1. The fourth-order valence-electron chi connectivity index (χ4n) is 2.31. The van der Waals surface area contributed by atoms with Gasteiger partial charge in [0.15, 0.2) is 0 Å². The summed E-state index contributed by atoms with van der Waals surface area (Å²) in [6, 6.07) is 16.3. The highest BCUT2D eigenvalue weighted by atomic mass is 79.9. The molecule has 0 aliphatic carbocycles. The van der Waals surface area contributed by atoms with Crippen molar-refractivity contribution in [3.05, 3.63) is 81.5 Å². The molecule has 1 heterocycles. The second-order valence-electron chi connectivity index (χ2n) is 5.49. The van der Waals surface area contributed by atoms with E-state index in [0.717, 1.165) is 21.2 Å². The van der Waals surface area contributed by atoms with Crippen LogP contribution in [0.15, 0.2) is 57.4 Å². The molecule has 0 aliphatic rings. The lowest BCUT2D eigenvalue weighted by Gasteiger charge is -2.00. The average Bonchev–Trinajstić information content (AvgIpc) is 3.00. The Morgan fingerprint density at radius 1 is 1.09 bits per heavy atom. The first-order chi connectivity index (χ1) is 11.1. The maximum Gasteiger partial charge on any atom is 0.243 e. The lowest BCUT2D eigenvalue weighted by Crippen LogP contribution is -1.87. The van der Waals surface area contributed by atoms with Crippen LogP contribution in [0.5, 0.6) is 0 Å². The van der Waals surface area contributed by atoms with E-state index in [9.17, 15) is 0 Å². The second kappa shape index (κ2) is 6.92. The molecule has 0 radical (unpaired) electrons. The first-order valence-electron chi connectivity index (χ1n) is 7.43. The topological polar surface area (TPSA) is 38.9 Å². The molecule has 3 rings (SSSR count). The Morgan fingerprint density at radius 2 is 1.83 bits per heavy atom. The standard InChI is InChI=1S/C19H17BrN2O/c1-13-5-3-4-6-16(13)11-14(2)19-22-21-18(23-19)12-15-7-9-17(20)10-8-15/h3-11H,12H2,1-2H3/b14-11+. The summed E-state index contributed by atoms with van der Waals surface area (Å²) in [5.74, 6) is 1.19. The normalized spacial score (nSPS) is 11.7. The minimum atomic E-state index is 0.570. The van der Waals surface area contributed by atoms with Gasteiger partial charge in [-0.1, -0.05) is 52.3 Å². The van der Waals surface area contributed by atoms with E-state index in [4.69, 9.17) is 4.42 Å². The molecule has 0 atom stereocenters. The van der Waals surface area contributed by atoms with Crippen molar-refractivity contribution < 1.29 is 4.42 Å². The van der Waals surface area contributed by atoms with Gasteiger partial charge in [0.05, 0.1) is 6.42 Å². The van der Waals surface area contributed by atoms with Gasteiger partial charge in [0.1, 0.15) is 0 Å². The molecule has 0 unspecified atom stereocenters. The van der Waals surface area contributed by atoms with Crippen molar-refractivity contribution in [3.8, 4) is 0 Å². The summed E-state index contributed by atoms with van der Waals surface area (Å²) >= 11 is 3.43. The van der Waals surface area contributed by atoms with E-state index >= 15 is 0 Å². The maximum absolute atomic E-state index is 5.79. The van der Waals surface area contributed by atoms with Gasteiger partial charge in [0.2, 0.25) is 11.8 Å². The van der Waals surface area contributed by atoms with E-state index in [2.05, 4.69) is 51.3 Å². The van der Waals surface area contributed by atoms with Gasteiger partial charge < -0.3 is 4.42 Å². The Morgan fingerprint density at radius 3 is 2.57 bits per heavy atom. The van der Waals surface area contributed by atoms with E-state index in [1.165, 1.54) is 5.56 Å². The van der Waals surface area contributed by atoms with Crippen molar-refractivity contribution in [3.63, 3.8) is 0 Å². The molecule has 3 aromatic rings. The van der Waals surface area contributed by atoms with Crippen LogP contribution in [0.25, 0.3) is 11.6 Å². The van der Waals surface area contributed by atoms with Crippen LogP contribution in [0, 0.1) is 6.92 Å². The van der Waals surface area contributed by atoms with E-state index in [-0.39, 0.29) is 0 Å². The van der Waals surface area contributed by atoms with Gasteiger partial charge in [0.25, 0.3) is 0 Å². The van der Waals surface area contributed by atoms with Gasteiger partial charge in [-0.25, -0.2) is 0 Å². The number of rotatable bonds is 4. The Hall–Kier alpha value is -2.20. The summed E-state index contributed by atoms with van der Waals surface area (Å²) < 4.78 is 6.85. The monoisotopic (exact) mass is 368 g/mol. The largest absolute Gasteiger partial charge is 0.421 e. The fraction of sp³-hybridized carbons (Fsp3) is 0.158. The van der Waals surface area contributed by atoms with Crippen LogP contribution in [0.2, 0.25) is 0 Å². The van der Waals surface area contributed by atoms with Crippen LogP contribution < -0.4 is 0 Å². The Bertz CT molecular complexity index is 835. The molecule has 4 heteroatoms. The summed E-state index contributed by atoms with van der Waals surface area (Å²) in [6.07, 6.45) is 2.71. The van der Waals surface area contributed by atoms with Crippen LogP contribution in [-0.4, -0.2) is 10.2 Å². The van der Waals surface area contributed by atoms with Gasteiger partial charge >= 0.3 is 0 Å². The van der Waals surface area contributed by atoms with Crippen molar-refractivity contribution in [1.82, 2.24) is 10.2 Å². The average molecular weight is 369 g/mol. The number of allylic oxidation sites excluding steroid dienone is 1. The molecule has 0 amide bonds. The number of hydrogen-bond donors (Lipinski definition) is 0. The third-order valence-corrected chi connectivity index (χ3v) is 4.16. The van der Waals surface area contributed by atoms with Crippen molar-refractivity contribution in [2.45, 2.75) is 20.3 Å². The SMILES string of the molecule is C/C(=C\c1ccccc1C)c1nnc(Cc2ccc(Br)cc2)o1. The third kappa shape index (κ3) is 3.96. The lowest BCUT2D eigenvalue weighted by atomic mass is 10.1. The number of halogens is 1. The van der Waals surface area contributed by atoms with Crippen LogP contribution >= 0.6 is 15.9 Å². The van der Waals surface area contributed by atoms with Gasteiger partial charge in [0, 0.05) is 10.0 Å². The molecule has 3 nitrogen and oxygen atoms in total. The Kier molecular flexibility index (Phi) is 4.72. The molecule has 0 saturated carbocycles. The van der Waals surface area contributed by atoms with Crippen LogP contribution in [0.3, 0.4) is 0 Å². The zero-order valence-electron chi connectivity index (χ0n) is 13.1. The first-order valence-corrected chi connectivity index (χ1v) is 8.22. The maximum atomic E-state index is 5.79. The molecule has 23 heavy (non-hydrogen) atoms. The molecule has 0 aliphatic heterocycles. The molecular weight excluding hydrogens is 352 g/mol. The molecule has 1 aromatic heterocycles. The van der Waals surface area contributed by atoms with Gasteiger partial charge in [-0.15, -0.1) is 10.2 Å². The summed E-state index contributed by atoms with van der Waals surface area (Å²) in [6.45, 7) is 4.08. The molecule has 0 fully saturated rings. The molecule has 2 aromatic carbocycles. The van der Waals surface area contributed by atoms with Crippen LogP contribution in [0.4, 0.5) is 0 Å². The van der Waals surface area contributed by atoms with E-state index < -0.39 is 0 Å². The molecule has 0 bridgehead atoms. The van der Waals surface area contributed by atoms with E-state index in [0.29, 0.717) is 18.2 Å². The quantitative estimate of drug-likeness (QED) is 0.627. The third-order valence-electron chi connectivity index (χ3n) is 3.63. The van der Waals surface area contributed by atoms with Gasteiger partial charge in [-0.3, -0.25) is 0 Å². The van der Waals surface area contributed by atoms with E-state index in [1.54, 1.807) is 0 Å². The fourth-order valence-corrected chi connectivity index (χ4v) is 2.57. The second-order valence-corrected chi connectivity index (χ2v) is 6.40. The Balaban J connectivity index is 1.78. The molecule has 116 valence electrons. The van der Waals surface area contributed by atoms with Gasteiger partial charge in [-0.2, -0.15) is 0 Å². The molecule has 0 N–H and O–H groups in total. The first kappa shape index (κ1) is 15.7. The van der Waals surface area contributed by atoms with Crippen LogP contribution in [-0.2, 0) is 6.42 Å². The molecule has 0 saturated heterocycles. The smallest absolute Gasteiger partial charge is 0.243 e. The van der Waals surface area contributed by atoms with Crippen molar-refractivity contribution in [1.29, 1.82) is 0 Å². The van der Waals surface area contributed by atoms with E-state index in [1.807, 2.05) is 43.3 Å². The minimum Gasteiger partial charge on any atom is -0.421 e. The van der Waals surface area contributed by atoms with Crippen molar-refractivity contribution in [2.24, 2.45) is 0 Å². The number of benzene rings is 2. The van der Waals surface area contributed by atoms with Crippen molar-refractivity contribution >= 4 is 27.6 Å².